The summed E-state index contributed by atoms with van der Waals surface area (Å²) < 4.78 is 5.24. The highest BCUT2D eigenvalue weighted by molar-refractivity contribution is 6.42. The van der Waals surface area contributed by atoms with E-state index in [4.69, 9.17) is 27.9 Å². The molecule has 6 nitrogen and oxygen atoms in total. The Morgan fingerprint density at radius 3 is 2.15 bits per heavy atom. The summed E-state index contributed by atoms with van der Waals surface area (Å²) in [5.74, 6) is 0.540. The van der Waals surface area contributed by atoms with Crippen LogP contribution in [-0.2, 0) is 9.59 Å². The average molecular weight is 497 g/mol. The molecular weight excluding hydrogens is 475 g/mol. The summed E-state index contributed by atoms with van der Waals surface area (Å²) >= 11 is 12.2. The molecule has 0 aromatic heterocycles. The second-order valence-corrected chi connectivity index (χ2v) is 10.3. The number of likely N-dealkylation sites (tertiary alicyclic amines) is 1. The summed E-state index contributed by atoms with van der Waals surface area (Å²) in [5, 5.41) is 0.591. The predicted octanol–water partition coefficient (Wildman–Crippen LogP) is 4.66. The fourth-order valence-corrected chi connectivity index (χ4v) is 6.41. The normalized spacial score (nSPS) is 30.3. The maximum absolute atomic E-state index is 13.6. The lowest BCUT2D eigenvalue weighted by molar-refractivity contribution is -0.140. The number of halogens is 2. The minimum atomic E-state index is -0.386. The number of nitrogens with zero attached hydrogens (tertiary/aromatic N) is 2. The molecule has 174 valence electrons. The van der Waals surface area contributed by atoms with Crippen molar-refractivity contribution < 1.29 is 19.1 Å². The molecule has 34 heavy (non-hydrogen) atoms. The standard InChI is InChI=1S/C26H22Cl2N2O4/c1-34-15-5-3-14(4-6-15)29(24(31)13-2-9-20(27)21(28)10-13)12-30-25(32)22-16-7-8-17(19-11-18(16)19)23(22)26(30)33/h2-10,16-19,22-23H,11-12H2,1H3/t16-,17+,18-,19-,22+,23+/m1/s1. The van der Waals surface area contributed by atoms with Gasteiger partial charge in [-0.2, -0.15) is 0 Å². The molecule has 2 bridgehead atoms. The fourth-order valence-electron chi connectivity index (χ4n) is 6.11. The van der Waals surface area contributed by atoms with Crippen molar-refractivity contribution in [3.63, 3.8) is 0 Å². The van der Waals surface area contributed by atoms with E-state index < -0.39 is 0 Å². The molecule has 4 aliphatic carbocycles. The third-order valence-electron chi connectivity index (χ3n) is 7.83. The highest BCUT2D eigenvalue weighted by Gasteiger charge is 2.67. The van der Waals surface area contributed by atoms with Crippen molar-refractivity contribution in [2.24, 2.45) is 35.5 Å². The van der Waals surface area contributed by atoms with Crippen molar-refractivity contribution in [1.29, 1.82) is 0 Å². The van der Waals surface area contributed by atoms with Gasteiger partial charge in [-0.05, 0) is 72.6 Å². The Kier molecular flexibility index (Phi) is 5.01. The van der Waals surface area contributed by atoms with Crippen LogP contribution in [0.3, 0.4) is 0 Å². The van der Waals surface area contributed by atoms with E-state index in [-0.39, 0.29) is 53.1 Å². The minimum absolute atomic E-state index is 0.127. The van der Waals surface area contributed by atoms with Crippen LogP contribution >= 0.6 is 23.2 Å². The van der Waals surface area contributed by atoms with Gasteiger partial charge in [-0.25, -0.2) is 0 Å². The van der Waals surface area contributed by atoms with E-state index in [9.17, 15) is 14.4 Å². The van der Waals surface area contributed by atoms with E-state index in [1.54, 1.807) is 43.5 Å². The molecule has 2 aromatic rings. The number of rotatable bonds is 5. The van der Waals surface area contributed by atoms with Crippen LogP contribution in [0.2, 0.25) is 10.0 Å². The lowest BCUT2D eigenvalue weighted by atomic mass is 9.63. The van der Waals surface area contributed by atoms with Crippen LogP contribution in [0.1, 0.15) is 16.8 Å². The van der Waals surface area contributed by atoms with E-state index in [1.807, 2.05) is 0 Å². The largest absolute Gasteiger partial charge is 0.497 e. The lowest BCUT2D eigenvalue weighted by Crippen LogP contribution is -2.45. The number of benzene rings is 2. The molecule has 8 heteroatoms. The topological polar surface area (TPSA) is 66.9 Å². The zero-order valence-corrected chi connectivity index (χ0v) is 19.9. The summed E-state index contributed by atoms with van der Waals surface area (Å²) in [4.78, 5) is 43.3. The summed E-state index contributed by atoms with van der Waals surface area (Å²) in [7, 11) is 1.56. The third-order valence-corrected chi connectivity index (χ3v) is 8.57. The van der Waals surface area contributed by atoms with Crippen molar-refractivity contribution in [1.82, 2.24) is 4.90 Å². The van der Waals surface area contributed by atoms with Crippen molar-refractivity contribution in [2.45, 2.75) is 6.42 Å². The maximum Gasteiger partial charge on any atom is 0.259 e. The number of imide groups is 1. The van der Waals surface area contributed by atoms with Gasteiger partial charge in [-0.15, -0.1) is 0 Å². The number of hydrogen-bond acceptors (Lipinski definition) is 4. The Balaban J connectivity index is 1.34. The number of carbonyl (C=O) groups excluding carboxylic acids is 3. The summed E-state index contributed by atoms with van der Waals surface area (Å²) in [6, 6.07) is 11.6. The van der Waals surface area contributed by atoms with Crippen LogP contribution in [0.15, 0.2) is 54.6 Å². The molecule has 6 atom stereocenters. The lowest BCUT2D eigenvalue weighted by Gasteiger charge is -2.37. The van der Waals surface area contributed by atoms with Gasteiger partial charge in [0.2, 0.25) is 11.8 Å². The minimum Gasteiger partial charge on any atom is -0.497 e. The van der Waals surface area contributed by atoms with Gasteiger partial charge in [0.1, 0.15) is 12.4 Å². The van der Waals surface area contributed by atoms with Gasteiger partial charge < -0.3 is 4.74 Å². The molecule has 1 saturated heterocycles. The van der Waals surface area contributed by atoms with E-state index in [0.717, 1.165) is 6.42 Å². The molecule has 0 radical (unpaired) electrons. The van der Waals surface area contributed by atoms with E-state index in [1.165, 1.54) is 15.9 Å². The zero-order valence-electron chi connectivity index (χ0n) is 18.4. The van der Waals surface area contributed by atoms with Gasteiger partial charge in [0.05, 0.1) is 29.0 Å². The molecule has 2 saturated carbocycles. The van der Waals surface area contributed by atoms with Crippen molar-refractivity contribution in [2.75, 3.05) is 18.7 Å². The smallest absolute Gasteiger partial charge is 0.259 e. The quantitative estimate of drug-likeness (QED) is 0.445. The molecular formula is C26H22Cl2N2O4. The fraction of sp³-hybridized carbons (Fsp3) is 0.346. The van der Waals surface area contributed by atoms with Crippen LogP contribution in [0, 0.1) is 35.5 Å². The van der Waals surface area contributed by atoms with Gasteiger partial charge in [0.15, 0.2) is 0 Å². The Labute approximate surface area is 207 Å². The molecule has 0 spiro atoms. The number of carbonyl (C=O) groups is 3. The van der Waals surface area contributed by atoms with Crippen LogP contribution < -0.4 is 9.64 Å². The predicted molar refractivity (Wildman–Crippen MR) is 128 cm³/mol. The zero-order chi connectivity index (χ0) is 23.7. The van der Waals surface area contributed by atoms with Gasteiger partial charge in [0, 0.05) is 11.3 Å². The molecule has 7 rings (SSSR count). The van der Waals surface area contributed by atoms with Crippen LogP contribution in [-0.4, -0.2) is 36.4 Å². The van der Waals surface area contributed by atoms with Crippen molar-refractivity contribution in [3.05, 3.63) is 70.2 Å². The Morgan fingerprint density at radius 1 is 0.971 bits per heavy atom. The molecule has 2 aromatic carbocycles. The first-order chi connectivity index (χ1) is 16.4. The third kappa shape index (κ3) is 3.19. The van der Waals surface area contributed by atoms with Gasteiger partial charge in [-0.1, -0.05) is 35.4 Å². The second kappa shape index (κ2) is 7.85. The number of methoxy groups -OCH3 is 1. The first-order valence-corrected chi connectivity index (χ1v) is 12.1. The molecule has 3 fully saturated rings. The molecule has 3 amide bonds. The number of allylic oxidation sites excluding steroid dienone is 2. The SMILES string of the molecule is COc1ccc(N(CN2C(=O)[C@H]3[C@@H]4C=C[C@@H]([C@H]5C[C@H]45)[C@@H]3C2=O)C(=O)c2ccc(Cl)c(Cl)c2)cc1. The maximum atomic E-state index is 13.6. The number of hydrogen-bond donors (Lipinski definition) is 0. The van der Waals surface area contributed by atoms with Crippen LogP contribution in [0.5, 0.6) is 5.75 Å². The Hall–Kier alpha value is -2.83. The van der Waals surface area contributed by atoms with Crippen LogP contribution in [0.4, 0.5) is 5.69 Å². The Morgan fingerprint density at radius 2 is 1.59 bits per heavy atom. The number of amides is 3. The highest BCUT2D eigenvalue weighted by atomic mass is 35.5. The summed E-state index contributed by atoms with van der Waals surface area (Å²) in [5.41, 5.74) is 0.848. The summed E-state index contributed by atoms with van der Waals surface area (Å²) in [6.45, 7) is -0.162. The second-order valence-electron chi connectivity index (χ2n) is 9.46. The highest BCUT2D eigenvalue weighted by Crippen LogP contribution is 2.65. The van der Waals surface area contributed by atoms with Gasteiger partial charge in [0.25, 0.3) is 5.91 Å². The summed E-state index contributed by atoms with van der Waals surface area (Å²) in [6.07, 6.45) is 5.37. The Bertz CT molecular complexity index is 1210. The van der Waals surface area contributed by atoms with E-state index in [0.29, 0.717) is 33.9 Å². The first-order valence-electron chi connectivity index (χ1n) is 11.3. The molecule has 0 unspecified atom stereocenters. The van der Waals surface area contributed by atoms with E-state index >= 15 is 0 Å². The monoisotopic (exact) mass is 496 g/mol. The van der Waals surface area contributed by atoms with Crippen LogP contribution in [0.25, 0.3) is 0 Å². The van der Waals surface area contributed by atoms with E-state index in [2.05, 4.69) is 12.2 Å². The molecule has 1 heterocycles. The molecule has 5 aliphatic rings. The van der Waals surface area contributed by atoms with Crippen molar-refractivity contribution >= 4 is 46.6 Å². The van der Waals surface area contributed by atoms with Gasteiger partial charge in [-0.3, -0.25) is 24.2 Å². The number of ether oxygens (including phenoxy) is 1. The van der Waals surface area contributed by atoms with Crippen molar-refractivity contribution in [3.8, 4) is 5.75 Å². The van der Waals surface area contributed by atoms with Gasteiger partial charge >= 0.3 is 0 Å². The average Bonchev–Trinajstić information content (AvgIpc) is 3.64. The molecule has 0 N–H and O–H groups in total. The molecule has 1 aliphatic heterocycles. The number of anilines is 1. The first kappa shape index (κ1) is 21.7.